The van der Waals surface area contributed by atoms with Gasteiger partial charge in [-0.25, -0.2) is 0 Å². The number of carbonyl (C=O) groups is 1. The van der Waals surface area contributed by atoms with E-state index in [-0.39, 0.29) is 11.3 Å². The molecule has 0 saturated carbocycles. The number of halogens is 3. The molecule has 1 N–H and O–H groups in total. The molecule has 0 unspecified atom stereocenters. The summed E-state index contributed by atoms with van der Waals surface area (Å²) in [5.74, 6) is -0.141. The number of para-hydroxylation sites is 1. The minimum atomic E-state index is -4.45. The normalized spacial score (nSPS) is 11.1. The molecule has 1 amide bonds. The predicted molar refractivity (Wildman–Crippen MR) is 77.0 cm³/mol. The van der Waals surface area contributed by atoms with Crippen LogP contribution < -0.4 is 10.1 Å². The summed E-state index contributed by atoms with van der Waals surface area (Å²) in [6.07, 6.45) is -4.45. The maximum atomic E-state index is 12.7. The zero-order chi connectivity index (χ0) is 16.2. The van der Waals surface area contributed by atoms with Gasteiger partial charge in [0.1, 0.15) is 5.75 Å². The van der Waals surface area contributed by atoms with Gasteiger partial charge in [0.05, 0.1) is 17.7 Å². The largest absolute Gasteiger partial charge is 0.493 e. The fourth-order valence-electron chi connectivity index (χ4n) is 1.91. The number of hydrogen-bond donors (Lipinski definition) is 1. The van der Waals surface area contributed by atoms with Gasteiger partial charge in [0.2, 0.25) is 0 Å². The number of hydrogen-bond acceptors (Lipinski definition) is 2. The minimum absolute atomic E-state index is 0.0751. The number of nitrogens with one attached hydrogen (secondary N) is 1. The lowest BCUT2D eigenvalue weighted by molar-refractivity contribution is -0.137. The molecular formula is C16H14F3NO2. The number of anilines is 1. The maximum Gasteiger partial charge on any atom is 0.416 e. The molecule has 116 valence electrons. The average Bonchev–Trinajstić information content (AvgIpc) is 2.47. The Labute approximate surface area is 125 Å². The Morgan fingerprint density at radius 3 is 2.55 bits per heavy atom. The highest BCUT2D eigenvalue weighted by atomic mass is 19.4. The standard InChI is InChI=1S/C16H14F3NO2/c1-2-22-14-9-4-3-8-13(14)15(21)20-12-7-5-6-11(10-12)16(17,18)19/h3-10H,2H2,1H3,(H,20,21). The monoisotopic (exact) mass is 309 g/mol. The van der Waals surface area contributed by atoms with Crippen molar-refractivity contribution >= 4 is 11.6 Å². The Hall–Kier alpha value is -2.50. The Bertz CT molecular complexity index is 668. The van der Waals surface area contributed by atoms with Gasteiger partial charge in [0, 0.05) is 5.69 Å². The number of rotatable bonds is 4. The van der Waals surface area contributed by atoms with Gasteiger partial charge in [-0.05, 0) is 37.3 Å². The number of amides is 1. The lowest BCUT2D eigenvalue weighted by atomic mass is 10.1. The summed E-state index contributed by atoms with van der Waals surface area (Å²) < 4.78 is 43.3. The fourth-order valence-corrected chi connectivity index (χ4v) is 1.91. The van der Waals surface area contributed by atoms with Crippen LogP contribution in [0.5, 0.6) is 5.75 Å². The first kappa shape index (κ1) is 15.9. The topological polar surface area (TPSA) is 38.3 Å². The first-order valence-electron chi connectivity index (χ1n) is 6.62. The van der Waals surface area contributed by atoms with E-state index in [0.717, 1.165) is 12.1 Å². The van der Waals surface area contributed by atoms with Crippen LogP contribution in [0.3, 0.4) is 0 Å². The molecule has 6 heteroatoms. The van der Waals surface area contributed by atoms with Gasteiger partial charge in [-0.3, -0.25) is 4.79 Å². The van der Waals surface area contributed by atoms with E-state index in [2.05, 4.69) is 5.32 Å². The van der Waals surface area contributed by atoms with Crippen molar-refractivity contribution < 1.29 is 22.7 Å². The highest BCUT2D eigenvalue weighted by Gasteiger charge is 2.30. The summed E-state index contributed by atoms with van der Waals surface area (Å²) >= 11 is 0. The van der Waals surface area contributed by atoms with Gasteiger partial charge >= 0.3 is 6.18 Å². The van der Waals surface area contributed by atoms with Crippen LogP contribution >= 0.6 is 0 Å². The van der Waals surface area contributed by atoms with E-state index in [4.69, 9.17) is 4.74 Å². The molecule has 3 nitrogen and oxygen atoms in total. The molecule has 0 saturated heterocycles. The van der Waals surface area contributed by atoms with Crippen LogP contribution in [0.25, 0.3) is 0 Å². The van der Waals surface area contributed by atoms with E-state index in [1.54, 1.807) is 31.2 Å². The second kappa shape index (κ2) is 6.51. The van der Waals surface area contributed by atoms with Crippen molar-refractivity contribution in [2.24, 2.45) is 0 Å². The molecule has 22 heavy (non-hydrogen) atoms. The zero-order valence-electron chi connectivity index (χ0n) is 11.8. The van der Waals surface area contributed by atoms with Crippen LogP contribution in [0.1, 0.15) is 22.8 Å². The first-order chi connectivity index (χ1) is 10.4. The maximum absolute atomic E-state index is 12.7. The fraction of sp³-hybridized carbons (Fsp3) is 0.188. The number of alkyl halides is 3. The van der Waals surface area contributed by atoms with E-state index in [1.165, 1.54) is 12.1 Å². The van der Waals surface area contributed by atoms with Gasteiger partial charge in [-0.1, -0.05) is 18.2 Å². The van der Waals surface area contributed by atoms with Gasteiger partial charge in [0.25, 0.3) is 5.91 Å². The number of benzene rings is 2. The van der Waals surface area contributed by atoms with Crippen molar-refractivity contribution in [3.63, 3.8) is 0 Å². The SMILES string of the molecule is CCOc1ccccc1C(=O)Nc1cccc(C(F)(F)F)c1. The molecule has 0 atom stereocenters. The van der Waals surface area contributed by atoms with Crippen molar-refractivity contribution in [1.29, 1.82) is 0 Å². The molecule has 0 aliphatic heterocycles. The second-order valence-electron chi connectivity index (χ2n) is 4.46. The van der Waals surface area contributed by atoms with E-state index >= 15 is 0 Å². The molecular weight excluding hydrogens is 295 g/mol. The minimum Gasteiger partial charge on any atom is -0.493 e. The van der Waals surface area contributed by atoms with Crippen molar-refractivity contribution in [2.45, 2.75) is 13.1 Å². The third kappa shape index (κ3) is 3.78. The molecule has 2 aromatic rings. The molecule has 0 radical (unpaired) electrons. The predicted octanol–water partition coefficient (Wildman–Crippen LogP) is 4.36. The smallest absolute Gasteiger partial charge is 0.416 e. The van der Waals surface area contributed by atoms with Crippen molar-refractivity contribution in [2.75, 3.05) is 11.9 Å². The van der Waals surface area contributed by atoms with Crippen LogP contribution in [0.4, 0.5) is 18.9 Å². The average molecular weight is 309 g/mol. The van der Waals surface area contributed by atoms with Crippen LogP contribution in [0, 0.1) is 0 Å². The third-order valence-corrected chi connectivity index (χ3v) is 2.88. The van der Waals surface area contributed by atoms with E-state index in [1.807, 2.05) is 0 Å². The van der Waals surface area contributed by atoms with E-state index < -0.39 is 17.6 Å². The van der Waals surface area contributed by atoms with Crippen LogP contribution in [-0.2, 0) is 6.18 Å². The quantitative estimate of drug-likeness (QED) is 0.911. The lowest BCUT2D eigenvalue weighted by Crippen LogP contribution is -2.14. The molecule has 0 aliphatic carbocycles. The van der Waals surface area contributed by atoms with Gasteiger partial charge < -0.3 is 10.1 Å². The summed E-state index contributed by atoms with van der Waals surface area (Å²) in [6, 6.07) is 11.0. The Morgan fingerprint density at radius 1 is 1.14 bits per heavy atom. The molecule has 0 spiro atoms. The summed E-state index contributed by atoms with van der Waals surface area (Å²) in [4.78, 5) is 12.2. The van der Waals surface area contributed by atoms with Gasteiger partial charge in [0.15, 0.2) is 0 Å². The summed E-state index contributed by atoms with van der Waals surface area (Å²) in [7, 11) is 0. The molecule has 0 heterocycles. The number of ether oxygens (including phenoxy) is 1. The molecule has 0 aromatic heterocycles. The van der Waals surface area contributed by atoms with Gasteiger partial charge in [-0.15, -0.1) is 0 Å². The third-order valence-electron chi connectivity index (χ3n) is 2.88. The van der Waals surface area contributed by atoms with Crippen molar-refractivity contribution in [3.05, 3.63) is 59.7 Å². The first-order valence-corrected chi connectivity index (χ1v) is 6.62. The van der Waals surface area contributed by atoms with Crippen molar-refractivity contribution in [1.82, 2.24) is 0 Å². The summed E-state index contributed by atoms with van der Waals surface area (Å²) in [5.41, 5.74) is -0.476. The second-order valence-corrected chi connectivity index (χ2v) is 4.46. The summed E-state index contributed by atoms with van der Waals surface area (Å²) in [5, 5.41) is 2.45. The molecule has 0 fully saturated rings. The van der Waals surface area contributed by atoms with E-state index in [9.17, 15) is 18.0 Å². The lowest BCUT2D eigenvalue weighted by Gasteiger charge is -2.12. The van der Waals surface area contributed by atoms with Crippen molar-refractivity contribution in [3.8, 4) is 5.75 Å². The van der Waals surface area contributed by atoms with Crippen LogP contribution in [-0.4, -0.2) is 12.5 Å². The Morgan fingerprint density at radius 2 is 1.86 bits per heavy atom. The zero-order valence-corrected chi connectivity index (χ0v) is 11.8. The van der Waals surface area contributed by atoms with E-state index in [0.29, 0.717) is 12.4 Å². The molecule has 0 aliphatic rings. The number of carbonyl (C=O) groups excluding carboxylic acids is 1. The molecule has 2 aromatic carbocycles. The van der Waals surface area contributed by atoms with Crippen LogP contribution in [0.2, 0.25) is 0 Å². The highest BCUT2D eigenvalue weighted by Crippen LogP contribution is 2.31. The Balaban J connectivity index is 2.23. The Kier molecular flexibility index (Phi) is 4.70. The highest BCUT2D eigenvalue weighted by molar-refractivity contribution is 6.06. The molecule has 2 rings (SSSR count). The van der Waals surface area contributed by atoms with Gasteiger partial charge in [-0.2, -0.15) is 13.2 Å². The van der Waals surface area contributed by atoms with Crippen LogP contribution in [0.15, 0.2) is 48.5 Å². The summed E-state index contributed by atoms with van der Waals surface area (Å²) in [6.45, 7) is 2.16. The molecule has 0 bridgehead atoms.